The summed E-state index contributed by atoms with van der Waals surface area (Å²) in [5.74, 6) is 1.07. The second-order valence-electron chi connectivity index (χ2n) is 6.64. The molecular weight excluding hydrogens is 280 g/mol. The minimum Gasteiger partial charge on any atom is -0.465 e. The monoisotopic (exact) mass is 302 g/mol. The molecule has 1 amide bonds. The van der Waals surface area contributed by atoms with Gasteiger partial charge in [0.05, 0.1) is 5.56 Å². The Labute approximate surface area is 130 Å². The molecule has 0 radical (unpaired) electrons. The van der Waals surface area contributed by atoms with Gasteiger partial charge in [0.2, 0.25) is 0 Å². The van der Waals surface area contributed by atoms with E-state index in [1.807, 2.05) is 13.0 Å². The van der Waals surface area contributed by atoms with Crippen molar-refractivity contribution in [1.29, 1.82) is 5.26 Å². The number of hydrogen-bond acceptors (Lipinski definition) is 4. The fraction of sp³-hybridized carbons (Fsp3) is 0.562. The first-order chi connectivity index (χ1) is 10.3. The SMILES string of the molecule is CC1(NC(=O)O)CC[C@H](CNc2ccc(C#N)cn2)C1(C)C. The maximum absolute atomic E-state index is 11.0. The maximum atomic E-state index is 11.0. The van der Waals surface area contributed by atoms with Crippen molar-refractivity contribution in [1.82, 2.24) is 10.3 Å². The largest absolute Gasteiger partial charge is 0.465 e. The second kappa shape index (κ2) is 5.84. The normalized spacial score (nSPS) is 26.2. The van der Waals surface area contributed by atoms with Crippen LogP contribution < -0.4 is 10.6 Å². The van der Waals surface area contributed by atoms with Crippen molar-refractivity contribution in [2.75, 3.05) is 11.9 Å². The number of hydrogen-bond donors (Lipinski definition) is 3. The van der Waals surface area contributed by atoms with Crippen molar-refractivity contribution < 1.29 is 9.90 Å². The highest BCUT2D eigenvalue weighted by atomic mass is 16.4. The Kier molecular flexibility index (Phi) is 4.27. The quantitative estimate of drug-likeness (QED) is 0.794. The molecule has 118 valence electrons. The molecule has 0 saturated heterocycles. The van der Waals surface area contributed by atoms with Crippen LogP contribution in [-0.2, 0) is 0 Å². The molecule has 0 spiro atoms. The Hall–Kier alpha value is -2.29. The average molecular weight is 302 g/mol. The van der Waals surface area contributed by atoms with Gasteiger partial charge in [-0.1, -0.05) is 13.8 Å². The molecule has 2 atom stereocenters. The molecule has 0 aliphatic heterocycles. The van der Waals surface area contributed by atoms with Crippen molar-refractivity contribution in [2.45, 2.75) is 39.2 Å². The Morgan fingerprint density at radius 3 is 2.77 bits per heavy atom. The first-order valence-electron chi connectivity index (χ1n) is 7.39. The predicted octanol–water partition coefficient (Wildman–Crippen LogP) is 2.83. The van der Waals surface area contributed by atoms with E-state index in [0.29, 0.717) is 11.5 Å². The summed E-state index contributed by atoms with van der Waals surface area (Å²) >= 11 is 0. The Morgan fingerprint density at radius 2 is 2.23 bits per heavy atom. The lowest BCUT2D eigenvalue weighted by Crippen LogP contribution is -2.54. The Morgan fingerprint density at radius 1 is 1.50 bits per heavy atom. The van der Waals surface area contributed by atoms with Crippen LogP contribution in [0.5, 0.6) is 0 Å². The molecule has 6 heteroatoms. The highest BCUT2D eigenvalue weighted by molar-refractivity contribution is 5.66. The third kappa shape index (κ3) is 2.98. The number of rotatable bonds is 4. The number of nitrogens with zero attached hydrogens (tertiary/aromatic N) is 2. The minimum absolute atomic E-state index is 0.162. The Balaban J connectivity index is 2.01. The molecule has 6 nitrogen and oxygen atoms in total. The van der Waals surface area contributed by atoms with Crippen molar-refractivity contribution in [3.63, 3.8) is 0 Å². The van der Waals surface area contributed by atoms with Gasteiger partial charge in [-0.05, 0) is 43.2 Å². The van der Waals surface area contributed by atoms with Crippen molar-refractivity contribution in [2.24, 2.45) is 11.3 Å². The molecule has 1 heterocycles. The van der Waals surface area contributed by atoms with Crippen LogP contribution in [0.3, 0.4) is 0 Å². The van der Waals surface area contributed by atoms with Crippen LogP contribution in [0.25, 0.3) is 0 Å². The standard InChI is InChI=1S/C16H22N4O2/c1-15(2)12(6-7-16(15,3)20-14(21)22)10-19-13-5-4-11(8-17)9-18-13/h4-5,9,12,20H,6-7,10H2,1-3H3,(H,18,19)(H,21,22)/t12-,16?/m1/s1. The van der Waals surface area contributed by atoms with Gasteiger partial charge in [-0.2, -0.15) is 5.26 Å². The van der Waals surface area contributed by atoms with Crippen molar-refractivity contribution in [3.8, 4) is 6.07 Å². The Bertz CT molecular complexity index is 591. The summed E-state index contributed by atoms with van der Waals surface area (Å²) in [7, 11) is 0. The molecule has 1 aromatic heterocycles. The lowest BCUT2D eigenvalue weighted by atomic mass is 9.71. The summed E-state index contributed by atoms with van der Waals surface area (Å²) < 4.78 is 0. The van der Waals surface area contributed by atoms with E-state index in [2.05, 4.69) is 29.5 Å². The lowest BCUT2D eigenvalue weighted by Gasteiger charge is -2.41. The van der Waals surface area contributed by atoms with Crippen molar-refractivity contribution >= 4 is 11.9 Å². The molecule has 3 N–H and O–H groups in total. The summed E-state index contributed by atoms with van der Waals surface area (Å²) in [6, 6.07) is 5.55. The van der Waals surface area contributed by atoms with Crippen LogP contribution in [0.15, 0.2) is 18.3 Å². The van der Waals surface area contributed by atoms with Crippen LogP contribution in [0.1, 0.15) is 39.2 Å². The van der Waals surface area contributed by atoms with E-state index in [0.717, 1.165) is 25.2 Å². The van der Waals surface area contributed by atoms with Gasteiger partial charge in [-0.25, -0.2) is 9.78 Å². The summed E-state index contributed by atoms with van der Waals surface area (Å²) in [5, 5.41) is 23.8. The van der Waals surface area contributed by atoms with Crippen LogP contribution in [-0.4, -0.2) is 28.3 Å². The van der Waals surface area contributed by atoms with Gasteiger partial charge in [-0.3, -0.25) is 0 Å². The fourth-order valence-electron chi connectivity index (χ4n) is 3.21. The third-order valence-corrected chi connectivity index (χ3v) is 5.24. The molecule has 0 aromatic carbocycles. The molecule has 22 heavy (non-hydrogen) atoms. The summed E-state index contributed by atoms with van der Waals surface area (Å²) in [5.41, 5.74) is -0.0566. The van der Waals surface area contributed by atoms with E-state index in [1.165, 1.54) is 6.20 Å². The zero-order chi connectivity index (χ0) is 16.4. The number of aromatic nitrogens is 1. The summed E-state index contributed by atoms with van der Waals surface area (Å²) in [6.07, 6.45) is 2.34. The third-order valence-electron chi connectivity index (χ3n) is 5.24. The topological polar surface area (TPSA) is 98.0 Å². The molecule has 1 unspecified atom stereocenters. The van der Waals surface area contributed by atoms with Gasteiger partial charge in [0.15, 0.2) is 0 Å². The smallest absolute Gasteiger partial charge is 0.405 e. The fourth-order valence-corrected chi connectivity index (χ4v) is 3.21. The van der Waals surface area contributed by atoms with E-state index in [9.17, 15) is 4.79 Å². The number of pyridine rings is 1. The van der Waals surface area contributed by atoms with Gasteiger partial charge >= 0.3 is 6.09 Å². The summed E-state index contributed by atoms with van der Waals surface area (Å²) in [4.78, 5) is 15.2. The lowest BCUT2D eigenvalue weighted by molar-refractivity contribution is 0.119. The highest BCUT2D eigenvalue weighted by Gasteiger charge is 2.52. The van der Waals surface area contributed by atoms with Gasteiger partial charge in [0.1, 0.15) is 11.9 Å². The number of nitrogens with one attached hydrogen (secondary N) is 2. The van der Waals surface area contributed by atoms with Gasteiger partial charge in [0.25, 0.3) is 0 Å². The van der Waals surface area contributed by atoms with E-state index in [-0.39, 0.29) is 5.41 Å². The molecule has 1 aliphatic carbocycles. The first-order valence-corrected chi connectivity index (χ1v) is 7.39. The van der Waals surface area contributed by atoms with Gasteiger partial charge in [0, 0.05) is 18.3 Å². The van der Waals surface area contributed by atoms with Crippen LogP contribution in [0, 0.1) is 22.7 Å². The number of carboxylic acid groups (broad SMARTS) is 1. The average Bonchev–Trinajstić information content (AvgIpc) is 2.67. The number of nitriles is 1. The first kappa shape index (κ1) is 16.1. The van der Waals surface area contributed by atoms with Crippen LogP contribution in [0.2, 0.25) is 0 Å². The molecule has 2 rings (SSSR count). The van der Waals surface area contributed by atoms with Crippen molar-refractivity contribution in [3.05, 3.63) is 23.9 Å². The molecular formula is C16H22N4O2. The van der Waals surface area contributed by atoms with E-state index in [4.69, 9.17) is 10.4 Å². The summed E-state index contributed by atoms with van der Waals surface area (Å²) in [6.45, 7) is 6.91. The molecule has 1 saturated carbocycles. The van der Waals surface area contributed by atoms with E-state index >= 15 is 0 Å². The molecule has 1 fully saturated rings. The molecule has 0 bridgehead atoms. The minimum atomic E-state index is -0.974. The van der Waals surface area contributed by atoms with E-state index < -0.39 is 11.6 Å². The molecule has 1 aliphatic rings. The van der Waals surface area contributed by atoms with Crippen LogP contribution in [0.4, 0.5) is 10.6 Å². The molecule has 1 aromatic rings. The van der Waals surface area contributed by atoms with E-state index in [1.54, 1.807) is 12.1 Å². The predicted molar refractivity (Wildman–Crippen MR) is 83.5 cm³/mol. The van der Waals surface area contributed by atoms with Crippen LogP contribution >= 0.6 is 0 Å². The zero-order valence-corrected chi connectivity index (χ0v) is 13.2. The zero-order valence-electron chi connectivity index (χ0n) is 13.2. The second-order valence-corrected chi connectivity index (χ2v) is 6.64. The maximum Gasteiger partial charge on any atom is 0.405 e. The number of carbonyl (C=O) groups is 1. The number of amides is 1. The highest BCUT2D eigenvalue weighted by Crippen LogP contribution is 2.49. The number of anilines is 1. The van der Waals surface area contributed by atoms with Gasteiger partial charge in [-0.15, -0.1) is 0 Å². The van der Waals surface area contributed by atoms with Gasteiger partial charge < -0.3 is 15.7 Å².